The molecule has 2 aliphatic rings. The van der Waals surface area contributed by atoms with Crippen LogP contribution in [0.1, 0.15) is 18.9 Å². The Morgan fingerprint density at radius 2 is 1.92 bits per heavy atom. The first kappa shape index (κ1) is 19.0. The molecule has 2 atom stereocenters. The van der Waals surface area contributed by atoms with Gasteiger partial charge in [0.15, 0.2) is 21.3 Å². The lowest BCUT2D eigenvalue weighted by Crippen LogP contribution is -2.48. The van der Waals surface area contributed by atoms with Crippen molar-refractivity contribution in [1.82, 2.24) is 9.80 Å². The quantitative estimate of drug-likeness (QED) is 0.754. The van der Waals surface area contributed by atoms with Gasteiger partial charge in [0.25, 0.3) is 0 Å². The maximum Gasteiger partial charge on any atom is 0.239 e. The van der Waals surface area contributed by atoms with Gasteiger partial charge in [-0.1, -0.05) is 6.07 Å². The molecule has 26 heavy (non-hydrogen) atoms. The summed E-state index contributed by atoms with van der Waals surface area (Å²) >= 11 is 0. The van der Waals surface area contributed by atoms with Crippen LogP contribution in [0.25, 0.3) is 0 Å². The van der Waals surface area contributed by atoms with Crippen LogP contribution in [-0.4, -0.2) is 75.0 Å². The smallest absolute Gasteiger partial charge is 0.239 e. The molecule has 1 fully saturated rings. The average molecular weight is 382 g/mol. The fourth-order valence-electron chi connectivity index (χ4n) is 3.36. The maximum absolute atomic E-state index is 12.8. The number of sulfone groups is 1. The molecule has 0 N–H and O–H groups in total. The molecule has 7 nitrogen and oxygen atoms in total. The third kappa shape index (κ3) is 4.12. The molecule has 2 heterocycles. The van der Waals surface area contributed by atoms with Crippen LogP contribution in [-0.2, 0) is 21.2 Å². The molecule has 1 aromatic rings. The molecule has 1 amide bonds. The summed E-state index contributed by atoms with van der Waals surface area (Å²) in [6, 6.07) is 5.22. The topological polar surface area (TPSA) is 76.2 Å². The number of nitrogens with zero attached hydrogens (tertiary/aromatic N) is 2. The van der Waals surface area contributed by atoms with E-state index in [4.69, 9.17) is 9.47 Å². The lowest BCUT2D eigenvalue weighted by molar-refractivity contribution is -0.136. The number of hydrogen-bond acceptors (Lipinski definition) is 6. The van der Waals surface area contributed by atoms with Gasteiger partial charge in [-0.3, -0.25) is 9.69 Å². The Labute approximate surface area is 154 Å². The van der Waals surface area contributed by atoms with Gasteiger partial charge < -0.3 is 14.4 Å². The van der Waals surface area contributed by atoms with E-state index in [1.807, 2.05) is 37.1 Å². The largest absolute Gasteiger partial charge is 0.486 e. The summed E-state index contributed by atoms with van der Waals surface area (Å²) in [7, 11) is 0.574. The van der Waals surface area contributed by atoms with E-state index in [0.717, 1.165) is 17.1 Å². The zero-order valence-corrected chi connectivity index (χ0v) is 16.3. The standard InChI is InChI=1S/C18H26N2O5S/c1-13(18(21)20(3)15-6-9-26(22,23)12-15)19(2)11-14-4-5-16-17(10-14)25-8-7-24-16/h4-5,10,13,15H,6-9,11-12H2,1-3H3. The fraction of sp³-hybridized carbons (Fsp3) is 0.611. The van der Waals surface area contributed by atoms with Gasteiger partial charge in [0.1, 0.15) is 13.2 Å². The monoisotopic (exact) mass is 382 g/mol. The van der Waals surface area contributed by atoms with Crippen LogP contribution in [0.4, 0.5) is 0 Å². The highest BCUT2D eigenvalue weighted by Gasteiger charge is 2.34. The number of likely N-dealkylation sites (N-methyl/N-ethyl adjacent to an activating group) is 2. The second kappa shape index (κ2) is 7.44. The highest BCUT2D eigenvalue weighted by atomic mass is 32.2. The Bertz CT molecular complexity index is 780. The summed E-state index contributed by atoms with van der Waals surface area (Å²) in [6.45, 7) is 3.53. The Morgan fingerprint density at radius 1 is 1.23 bits per heavy atom. The van der Waals surface area contributed by atoms with Crippen molar-refractivity contribution in [1.29, 1.82) is 0 Å². The highest BCUT2D eigenvalue weighted by molar-refractivity contribution is 7.91. The molecule has 2 unspecified atom stereocenters. The van der Waals surface area contributed by atoms with Crippen molar-refractivity contribution in [2.75, 3.05) is 38.8 Å². The zero-order chi connectivity index (χ0) is 18.9. The van der Waals surface area contributed by atoms with Crippen LogP contribution in [0, 0.1) is 0 Å². The van der Waals surface area contributed by atoms with Crippen LogP contribution in [0.2, 0.25) is 0 Å². The first-order valence-corrected chi connectivity index (χ1v) is 10.6. The molecule has 144 valence electrons. The molecule has 2 aliphatic heterocycles. The number of rotatable bonds is 5. The van der Waals surface area contributed by atoms with Crippen molar-refractivity contribution in [2.24, 2.45) is 0 Å². The van der Waals surface area contributed by atoms with Crippen molar-refractivity contribution in [3.8, 4) is 11.5 Å². The fourth-order valence-corrected chi connectivity index (χ4v) is 5.13. The second-order valence-corrected chi connectivity index (χ2v) is 9.30. The van der Waals surface area contributed by atoms with Crippen molar-refractivity contribution < 1.29 is 22.7 Å². The zero-order valence-electron chi connectivity index (χ0n) is 15.5. The van der Waals surface area contributed by atoms with Gasteiger partial charge in [0, 0.05) is 19.6 Å². The van der Waals surface area contributed by atoms with Gasteiger partial charge in [0.2, 0.25) is 5.91 Å². The molecule has 1 saturated heterocycles. The predicted molar refractivity (Wildman–Crippen MR) is 98.2 cm³/mol. The van der Waals surface area contributed by atoms with E-state index in [9.17, 15) is 13.2 Å². The van der Waals surface area contributed by atoms with Crippen LogP contribution < -0.4 is 9.47 Å². The molecule has 8 heteroatoms. The van der Waals surface area contributed by atoms with Crippen LogP contribution >= 0.6 is 0 Å². The minimum absolute atomic E-state index is 0.0628. The van der Waals surface area contributed by atoms with E-state index >= 15 is 0 Å². The molecule has 0 aliphatic carbocycles. The Kier molecular flexibility index (Phi) is 5.43. The third-order valence-electron chi connectivity index (χ3n) is 5.16. The molecular formula is C18H26N2O5S. The van der Waals surface area contributed by atoms with Crippen molar-refractivity contribution in [3.63, 3.8) is 0 Å². The minimum Gasteiger partial charge on any atom is -0.486 e. The van der Waals surface area contributed by atoms with E-state index in [1.54, 1.807) is 11.9 Å². The van der Waals surface area contributed by atoms with E-state index in [2.05, 4.69) is 0 Å². The van der Waals surface area contributed by atoms with Crippen LogP contribution in [0.5, 0.6) is 11.5 Å². The first-order valence-electron chi connectivity index (χ1n) is 8.83. The van der Waals surface area contributed by atoms with Gasteiger partial charge in [-0.15, -0.1) is 0 Å². The average Bonchev–Trinajstić information content (AvgIpc) is 2.99. The highest BCUT2D eigenvalue weighted by Crippen LogP contribution is 2.31. The molecule has 1 aromatic carbocycles. The maximum atomic E-state index is 12.8. The van der Waals surface area contributed by atoms with E-state index in [0.29, 0.717) is 26.2 Å². The molecule has 0 aromatic heterocycles. The van der Waals surface area contributed by atoms with Gasteiger partial charge in [-0.25, -0.2) is 8.42 Å². The minimum atomic E-state index is -3.01. The van der Waals surface area contributed by atoms with Crippen molar-refractivity contribution >= 4 is 15.7 Å². The van der Waals surface area contributed by atoms with E-state index in [1.165, 1.54) is 0 Å². The number of carbonyl (C=O) groups is 1. The Balaban J connectivity index is 1.62. The molecule has 0 bridgehead atoms. The van der Waals surface area contributed by atoms with E-state index in [-0.39, 0.29) is 29.5 Å². The van der Waals surface area contributed by atoms with Crippen molar-refractivity contribution in [2.45, 2.75) is 32.0 Å². The third-order valence-corrected chi connectivity index (χ3v) is 6.91. The number of amides is 1. The molecule has 0 saturated carbocycles. The molecule has 0 spiro atoms. The SMILES string of the molecule is CC(C(=O)N(C)C1CCS(=O)(=O)C1)N(C)Cc1ccc2c(c1)OCCO2. The Hall–Kier alpha value is -1.80. The van der Waals surface area contributed by atoms with Gasteiger partial charge in [-0.2, -0.15) is 0 Å². The number of hydrogen-bond donors (Lipinski definition) is 0. The molecule has 0 radical (unpaired) electrons. The van der Waals surface area contributed by atoms with Crippen LogP contribution in [0.3, 0.4) is 0 Å². The van der Waals surface area contributed by atoms with E-state index < -0.39 is 9.84 Å². The molecular weight excluding hydrogens is 356 g/mol. The summed E-state index contributed by atoms with van der Waals surface area (Å²) in [6.07, 6.45) is 0.517. The summed E-state index contributed by atoms with van der Waals surface area (Å²) in [5, 5.41) is 0. The summed E-state index contributed by atoms with van der Waals surface area (Å²) in [4.78, 5) is 16.3. The first-order chi connectivity index (χ1) is 12.3. The number of carbonyl (C=O) groups excluding carboxylic acids is 1. The van der Waals surface area contributed by atoms with Gasteiger partial charge in [0.05, 0.1) is 17.5 Å². The number of fused-ring (bicyclic) bond motifs is 1. The van der Waals surface area contributed by atoms with Gasteiger partial charge in [-0.05, 0) is 38.1 Å². The Morgan fingerprint density at radius 3 is 2.58 bits per heavy atom. The number of ether oxygens (including phenoxy) is 2. The normalized spacial score (nSPS) is 22.2. The van der Waals surface area contributed by atoms with Gasteiger partial charge >= 0.3 is 0 Å². The molecule has 3 rings (SSSR count). The second-order valence-electron chi connectivity index (χ2n) is 7.08. The number of benzene rings is 1. The van der Waals surface area contributed by atoms with Crippen molar-refractivity contribution in [3.05, 3.63) is 23.8 Å². The predicted octanol–water partition coefficient (Wildman–Crippen LogP) is 0.924. The lowest BCUT2D eigenvalue weighted by atomic mass is 10.1. The summed E-state index contributed by atoms with van der Waals surface area (Å²) in [5.74, 6) is 1.64. The summed E-state index contributed by atoms with van der Waals surface area (Å²) in [5.41, 5.74) is 1.03. The lowest BCUT2D eigenvalue weighted by Gasteiger charge is -2.31. The van der Waals surface area contributed by atoms with Crippen LogP contribution in [0.15, 0.2) is 18.2 Å². The summed E-state index contributed by atoms with van der Waals surface area (Å²) < 4.78 is 34.4.